The summed E-state index contributed by atoms with van der Waals surface area (Å²) in [7, 11) is 0. The zero-order chi connectivity index (χ0) is 8.10. The Bertz CT molecular complexity index is 223. The van der Waals surface area contributed by atoms with E-state index in [0.717, 1.165) is 18.6 Å². The third-order valence-corrected chi connectivity index (χ3v) is 2.07. The van der Waals surface area contributed by atoms with E-state index in [1.807, 2.05) is 18.5 Å². The first-order valence-corrected chi connectivity index (χ1v) is 4.48. The lowest BCUT2D eigenvalue weighted by Gasteiger charge is -2.01. The molecule has 0 unspecified atom stereocenters. The van der Waals surface area contributed by atoms with Crippen LogP contribution in [-0.4, -0.2) is 10.7 Å². The smallest absolute Gasteiger partial charge is 0.0302 e. The minimum absolute atomic E-state index is 0.953. The second-order valence-electron chi connectivity index (χ2n) is 2.63. The zero-order valence-electron chi connectivity index (χ0n) is 6.75. The summed E-state index contributed by atoms with van der Waals surface area (Å²) in [6.07, 6.45) is 6.01. The molecule has 1 rings (SSSR count). The van der Waals surface area contributed by atoms with Gasteiger partial charge in [-0.15, -0.1) is 0 Å². The SMILES string of the molecule is Cc1ccncc1CCCS. The average Bonchev–Trinajstić information content (AvgIpc) is 2.03. The Hall–Kier alpha value is -0.500. The van der Waals surface area contributed by atoms with Crippen LogP contribution in [0.1, 0.15) is 17.5 Å². The van der Waals surface area contributed by atoms with Crippen LogP contribution in [0.2, 0.25) is 0 Å². The topological polar surface area (TPSA) is 12.9 Å². The normalized spacial score (nSPS) is 10.0. The molecule has 0 saturated heterocycles. The van der Waals surface area contributed by atoms with Crippen molar-refractivity contribution in [3.05, 3.63) is 29.6 Å². The van der Waals surface area contributed by atoms with Gasteiger partial charge < -0.3 is 0 Å². The van der Waals surface area contributed by atoms with Crippen LogP contribution in [0.4, 0.5) is 0 Å². The maximum atomic E-state index is 4.16. The van der Waals surface area contributed by atoms with E-state index in [4.69, 9.17) is 0 Å². The highest BCUT2D eigenvalue weighted by atomic mass is 32.1. The molecule has 0 aliphatic rings. The van der Waals surface area contributed by atoms with Crippen molar-refractivity contribution in [2.45, 2.75) is 19.8 Å². The van der Waals surface area contributed by atoms with Crippen LogP contribution in [0.15, 0.2) is 18.5 Å². The van der Waals surface area contributed by atoms with Gasteiger partial charge in [-0.25, -0.2) is 0 Å². The lowest BCUT2D eigenvalue weighted by atomic mass is 10.1. The number of aryl methyl sites for hydroxylation is 2. The molecular formula is C9H13NS. The van der Waals surface area contributed by atoms with Gasteiger partial charge >= 0.3 is 0 Å². The summed E-state index contributed by atoms with van der Waals surface area (Å²) in [5, 5.41) is 0. The van der Waals surface area contributed by atoms with Gasteiger partial charge in [0.15, 0.2) is 0 Å². The highest BCUT2D eigenvalue weighted by Crippen LogP contribution is 2.07. The molecule has 0 N–H and O–H groups in total. The molecule has 0 saturated carbocycles. The fourth-order valence-corrected chi connectivity index (χ4v) is 1.19. The molecule has 0 aliphatic heterocycles. The number of aromatic nitrogens is 1. The van der Waals surface area contributed by atoms with Crippen LogP contribution >= 0.6 is 12.6 Å². The van der Waals surface area contributed by atoms with Gasteiger partial charge in [-0.05, 0) is 42.7 Å². The lowest BCUT2D eigenvalue weighted by Crippen LogP contribution is -1.91. The predicted octanol–water partition coefficient (Wildman–Crippen LogP) is 2.25. The first-order chi connectivity index (χ1) is 5.34. The predicted molar refractivity (Wildman–Crippen MR) is 51.1 cm³/mol. The van der Waals surface area contributed by atoms with Crippen LogP contribution in [0.3, 0.4) is 0 Å². The second-order valence-corrected chi connectivity index (χ2v) is 3.08. The summed E-state index contributed by atoms with van der Waals surface area (Å²) in [6, 6.07) is 2.05. The maximum absolute atomic E-state index is 4.16. The Morgan fingerprint density at radius 1 is 1.55 bits per heavy atom. The van der Waals surface area contributed by atoms with E-state index in [0.29, 0.717) is 0 Å². The number of hydrogen-bond donors (Lipinski definition) is 1. The summed E-state index contributed by atoms with van der Waals surface area (Å²) < 4.78 is 0. The number of pyridine rings is 1. The van der Waals surface area contributed by atoms with E-state index in [9.17, 15) is 0 Å². The third-order valence-electron chi connectivity index (χ3n) is 1.75. The highest BCUT2D eigenvalue weighted by Gasteiger charge is 1.95. The van der Waals surface area contributed by atoms with Crippen molar-refractivity contribution in [2.75, 3.05) is 5.75 Å². The lowest BCUT2D eigenvalue weighted by molar-refractivity contribution is 0.916. The van der Waals surface area contributed by atoms with Crippen molar-refractivity contribution in [2.24, 2.45) is 0 Å². The van der Waals surface area contributed by atoms with Gasteiger partial charge in [-0.1, -0.05) is 0 Å². The molecule has 0 fully saturated rings. The summed E-state index contributed by atoms with van der Waals surface area (Å²) in [6.45, 7) is 2.12. The third kappa shape index (κ3) is 2.54. The van der Waals surface area contributed by atoms with Crippen LogP contribution < -0.4 is 0 Å². The highest BCUT2D eigenvalue weighted by molar-refractivity contribution is 7.80. The second kappa shape index (κ2) is 4.39. The number of hydrogen-bond acceptors (Lipinski definition) is 2. The Kier molecular flexibility index (Phi) is 3.43. The molecule has 0 aromatic carbocycles. The van der Waals surface area contributed by atoms with Gasteiger partial charge in [-0.2, -0.15) is 12.6 Å². The van der Waals surface area contributed by atoms with Crippen molar-refractivity contribution in [3.63, 3.8) is 0 Å². The maximum Gasteiger partial charge on any atom is 0.0302 e. The van der Waals surface area contributed by atoms with E-state index in [2.05, 4.69) is 24.5 Å². The molecule has 0 radical (unpaired) electrons. The molecule has 0 aliphatic carbocycles. The minimum Gasteiger partial charge on any atom is -0.264 e. The molecule has 0 bridgehead atoms. The molecule has 0 atom stereocenters. The van der Waals surface area contributed by atoms with Crippen LogP contribution in [0, 0.1) is 6.92 Å². The first-order valence-electron chi connectivity index (χ1n) is 3.85. The quantitative estimate of drug-likeness (QED) is 0.681. The van der Waals surface area contributed by atoms with Crippen LogP contribution in [-0.2, 0) is 6.42 Å². The van der Waals surface area contributed by atoms with Gasteiger partial charge in [0.2, 0.25) is 0 Å². The van der Waals surface area contributed by atoms with Crippen LogP contribution in [0.5, 0.6) is 0 Å². The van der Waals surface area contributed by atoms with Gasteiger partial charge in [-0.3, -0.25) is 4.98 Å². The summed E-state index contributed by atoms with van der Waals surface area (Å²) in [5.74, 6) is 0.953. The van der Waals surface area contributed by atoms with Crippen molar-refractivity contribution in [1.29, 1.82) is 0 Å². The molecular weight excluding hydrogens is 154 g/mol. The average molecular weight is 167 g/mol. The fraction of sp³-hybridized carbons (Fsp3) is 0.444. The van der Waals surface area contributed by atoms with Gasteiger partial charge in [0, 0.05) is 12.4 Å². The Morgan fingerprint density at radius 2 is 2.36 bits per heavy atom. The number of rotatable bonds is 3. The molecule has 60 valence electrons. The largest absolute Gasteiger partial charge is 0.264 e. The van der Waals surface area contributed by atoms with Crippen molar-refractivity contribution in [3.8, 4) is 0 Å². The monoisotopic (exact) mass is 167 g/mol. The standard InChI is InChI=1S/C9H13NS/c1-8-4-5-10-7-9(8)3-2-6-11/h4-5,7,11H,2-3,6H2,1H3. The van der Waals surface area contributed by atoms with E-state index < -0.39 is 0 Å². The molecule has 2 heteroatoms. The minimum atomic E-state index is 0.953. The molecule has 1 aromatic rings. The summed E-state index contributed by atoms with van der Waals surface area (Å²) in [5.41, 5.74) is 2.68. The summed E-state index contributed by atoms with van der Waals surface area (Å²) in [4.78, 5) is 4.07. The fourth-order valence-electron chi connectivity index (χ4n) is 1.03. The molecule has 1 heterocycles. The molecule has 1 nitrogen and oxygen atoms in total. The Morgan fingerprint density at radius 3 is 3.00 bits per heavy atom. The zero-order valence-corrected chi connectivity index (χ0v) is 7.64. The van der Waals surface area contributed by atoms with Crippen molar-refractivity contribution >= 4 is 12.6 Å². The molecule has 11 heavy (non-hydrogen) atoms. The van der Waals surface area contributed by atoms with Gasteiger partial charge in [0.05, 0.1) is 0 Å². The first kappa shape index (κ1) is 8.60. The number of thiol groups is 1. The van der Waals surface area contributed by atoms with Gasteiger partial charge in [0.1, 0.15) is 0 Å². The number of nitrogens with zero attached hydrogens (tertiary/aromatic N) is 1. The summed E-state index contributed by atoms with van der Waals surface area (Å²) >= 11 is 4.16. The van der Waals surface area contributed by atoms with Crippen LogP contribution in [0.25, 0.3) is 0 Å². The molecule has 0 amide bonds. The van der Waals surface area contributed by atoms with E-state index >= 15 is 0 Å². The Labute approximate surface area is 73.3 Å². The van der Waals surface area contributed by atoms with Gasteiger partial charge in [0.25, 0.3) is 0 Å². The van der Waals surface area contributed by atoms with E-state index in [1.165, 1.54) is 11.1 Å². The Balaban J connectivity index is 2.62. The molecule has 0 spiro atoms. The van der Waals surface area contributed by atoms with E-state index in [-0.39, 0.29) is 0 Å². The molecule has 1 aromatic heterocycles. The van der Waals surface area contributed by atoms with E-state index in [1.54, 1.807) is 0 Å². The van der Waals surface area contributed by atoms with Crippen molar-refractivity contribution < 1.29 is 0 Å². The van der Waals surface area contributed by atoms with Crippen molar-refractivity contribution in [1.82, 2.24) is 4.98 Å².